The van der Waals surface area contributed by atoms with E-state index in [-0.39, 0.29) is 29.4 Å². The van der Waals surface area contributed by atoms with Crippen LogP contribution in [0.1, 0.15) is 33.8 Å². The van der Waals surface area contributed by atoms with E-state index in [0.29, 0.717) is 24.3 Å². The Hall–Kier alpha value is -3.09. The summed E-state index contributed by atoms with van der Waals surface area (Å²) in [6.07, 6.45) is 2.96. The molecule has 3 rings (SSSR count). The quantitative estimate of drug-likeness (QED) is 0.897. The highest BCUT2D eigenvalue weighted by Gasteiger charge is 2.29. The number of piperidine rings is 1. The van der Waals surface area contributed by atoms with Crippen molar-refractivity contribution in [1.82, 2.24) is 9.80 Å². The third kappa shape index (κ3) is 4.36. The van der Waals surface area contributed by atoms with Crippen LogP contribution >= 0.6 is 0 Å². The lowest BCUT2D eigenvalue weighted by Crippen LogP contribution is -2.43. The number of anilines is 1. The molecule has 0 bridgehead atoms. The number of nitrogens with zero attached hydrogens (tertiary/aromatic N) is 2. The van der Waals surface area contributed by atoms with Crippen molar-refractivity contribution in [3.8, 4) is 0 Å². The Bertz CT molecular complexity index is 812. The summed E-state index contributed by atoms with van der Waals surface area (Å²) in [6, 6.07) is 10.1. The lowest BCUT2D eigenvalue weighted by molar-refractivity contribution is -0.121. The number of furan rings is 1. The third-order valence-corrected chi connectivity index (χ3v) is 4.62. The fraction of sp³-hybridized carbons (Fsp3) is 0.350. The van der Waals surface area contributed by atoms with Crippen LogP contribution < -0.4 is 5.32 Å². The monoisotopic (exact) mass is 369 g/mol. The molecular formula is C20H23N3O4. The van der Waals surface area contributed by atoms with E-state index in [9.17, 15) is 14.4 Å². The van der Waals surface area contributed by atoms with Crippen molar-refractivity contribution in [2.75, 3.05) is 32.5 Å². The summed E-state index contributed by atoms with van der Waals surface area (Å²) in [7, 11) is 3.38. The van der Waals surface area contributed by atoms with Crippen LogP contribution in [0.4, 0.5) is 5.69 Å². The van der Waals surface area contributed by atoms with Crippen molar-refractivity contribution < 1.29 is 18.8 Å². The van der Waals surface area contributed by atoms with Crippen LogP contribution in [0.2, 0.25) is 0 Å². The molecule has 27 heavy (non-hydrogen) atoms. The number of benzene rings is 1. The number of amides is 3. The Balaban J connectivity index is 1.60. The molecule has 1 aromatic carbocycles. The van der Waals surface area contributed by atoms with Gasteiger partial charge in [-0.15, -0.1) is 0 Å². The van der Waals surface area contributed by atoms with E-state index >= 15 is 0 Å². The molecule has 7 heteroatoms. The summed E-state index contributed by atoms with van der Waals surface area (Å²) in [6.45, 7) is 0.979. The number of carbonyl (C=O) groups excluding carboxylic acids is 3. The van der Waals surface area contributed by atoms with E-state index < -0.39 is 0 Å². The number of hydrogen-bond acceptors (Lipinski definition) is 4. The van der Waals surface area contributed by atoms with Crippen LogP contribution in [0.5, 0.6) is 0 Å². The largest absolute Gasteiger partial charge is 0.459 e. The topological polar surface area (TPSA) is 82.9 Å². The molecule has 1 fully saturated rings. The van der Waals surface area contributed by atoms with Crippen LogP contribution in [-0.4, -0.2) is 54.7 Å². The minimum atomic E-state index is -0.277. The number of carbonyl (C=O) groups is 3. The van der Waals surface area contributed by atoms with Gasteiger partial charge < -0.3 is 19.5 Å². The second-order valence-electron chi connectivity index (χ2n) is 6.83. The van der Waals surface area contributed by atoms with Gasteiger partial charge in [0.2, 0.25) is 5.91 Å². The minimum absolute atomic E-state index is 0.0905. The summed E-state index contributed by atoms with van der Waals surface area (Å²) in [4.78, 5) is 40.1. The van der Waals surface area contributed by atoms with Gasteiger partial charge in [-0.05, 0) is 49.2 Å². The van der Waals surface area contributed by atoms with E-state index in [2.05, 4.69) is 5.32 Å². The second kappa shape index (κ2) is 8.07. The molecule has 0 spiro atoms. The van der Waals surface area contributed by atoms with Crippen molar-refractivity contribution in [3.63, 3.8) is 0 Å². The molecule has 3 amide bonds. The molecule has 1 aliphatic heterocycles. The van der Waals surface area contributed by atoms with Gasteiger partial charge in [0.1, 0.15) is 0 Å². The zero-order chi connectivity index (χ0) is 19.4. The van der Waals surface area contributed by atoms with Gasteiger partial charge in [0.05, 0.1) is 12.2 Å². The summed E-state index contributed by atoms with van der Waals surface area (Å²) in [5, 5.41) is 2.88. The molecule has 0 saturated carbocycles. The van der Waals surface area contributed by atoms with Gasteiger partial charge in [-0.1, -0.05) is 0 Å². The Morgan fingerprint density at radius 2 is 1.89 bits per heavy atom. The van der Waals surface area contributed by atoms with Crippen molar-refractivity contribution in [2.45, 2.75) is 12.8 Å². The van der Waals surface area contributed by atoms with E-state index in [1.54, 1.807) is 55.4 Å². The fourth-order valence-electron chi connectivity index (χ4n) is 3.13. The Kier molecular flexibility index (Phi) is 5.59. The number of nitrogens with one attached hydrogen (secondary N) is 1. The maximum atomic E-state index is 12.6. The fourth-order valence-corrected chi connectivity index (χ4v) is 3.13. The van der Waals surface area contributed by atoms with Crippen LogP contribution in [0, 0.1) is 5.92 Å². The normalized spacial score (nSPS) is 16.7. The smallest absolute Gasteiger partial charge is 0.289 e. The molecule has 0 unspecified atom stereocenters. The first-order chi connectivity index (χ1) is 13.0. The van der Waals surface area contributed by atoms with Gasteiger partial charge in [-0.3, -0.25) is 14.4 Å². The van der Waals surface area contributed by atoms with E-state index in [1.165, 1.54) is 11.2 Å². The Morgan fingerprint density at radius 1 is 1.15 bits per heavy atom. The molecule has 2 heterocycles. The molecule has 1 aromatic heterocycles. The van der Waals surface area contributed by atoms with Crippen molar-refractivity contribution >= 4 is 23.4 Å². The first-order valence-corrected chi connectivity index (χ1v) is 8.91. The zero-order valence-electron chi connectivity index (χ0n) is 15.5. The molecule has 1 N–H and O–H groups in total. The van der Waals surface area contributed by atoms with Crippen molar-refractivity contribution in [3.05, 3.63) is 54.0 Å². The van der Waals surface area contributed by atoms with Crippen LogP contribution in [0.15, 0.2) is 47.1 Å². The molecule has 0 radical (unpaired) electrons. The maximum Gasteiger partial charge on any atom is 0.289 e. The van der Waals surface area contributed by atoms with Gasteiger partial charge in [0, 0.05) is 38.4 Å². The van der Waals surface area contributed by atoms with E-state index in [0.717, 1.165) is 12.8 Å². The lowest BCUT2D eigenvalue weighted by Gasteiger charge is -2.31. The predicted octanol–water partition coefficient (Wildman–Crippen LogP) is 2.47. The molecule has 2 aromatic rings. The van der Waals surface area contributed by atoms with Crippen LogP contribution in [-0.2, 0) is 4.79 Å². The zero-order valence-corrected chi connectivity index (χ0v) is 15.5. The predicted molar refractivity (Wildman–Crippen MR) is 100 cm³/mol. The maximum absolute atomic E-state index is 12.6. The average molecular weight is 369 g/mol. The van der Waals surface area contributed by atoms with E-state index in [4.69, 9.17) is 4.42 Å². The van der Waals surface area contributed by atoms with Gasteiger partial charge in [0.15, 0.2) is 5.76 Å². The average Bonchev–Trinajstić information content (AvgIpc) is 3.22. The molecule has 0 aliphatic carbocycles. The third-order valence-electron chi connectivity index (χ3n) is 4.62. The summed E-state index contributed by atoms with van der Waals surface area (Å²) in [5.74, 6) is -0.395. The lowest BCUT2D eigenvalue weighted by atomic mass is 9.96. The number of likely N-dealkylation sites (tertiary alicyclic amines) is 1. The molecule has 1 aliphatic rings. The standard InChI is InChI=1S/C20H23N3O4/c1-22(2)19(25)14-7-9-16(10-8-14)21-18(24)15-5-3-11-23(13-15)20(26)17-6-4-12-27-17/h4,6-10,12,15H,3,5,11,13H2,1-2H3,(H,21,24)/t15-/m0/s1. The van der Waals surface area contributed by atoms with Crippen molar-refractivity contribution in [1.29, 1.82) is 0 Å². The summed E-state index contributed by atoms with van der Waals surface area (Å²) < 4.78 is 5.16. The van der Waals surface area contributed by atoms with Crippen LogP contribution in [0.3, 0.4) is 0 Å². The first-order valence-electron chi connectivity index (χ1n) is 8.91. The minimum Gasteiger partial charge on any atom is -0.459 e. The first kappa shape index (κ1) is 18.7. The van der Waals surface area contributed by atoms with Gasteiger partial charge in [0.25, 0.3) is 11.8 Å². The molecule has 142 valence electrons. The molecule has 1 saturated heterocycles. The summed E-state index contributed by atoms with van der Waals surface area (Å²) >= 11 is 0. The summed E-state index contributed by atoms with van der Waals surface area (Å²) in [5.41, 5.74) is 1.19. The van der Waals surface area contributed by atoms with Gasteiger partial charge >= 0.3 is 0 Å². The molecule has 1 atom stereocenters. The van der Waals surface area contributed by atoms with Gasteiger partial charge in [-0.2, -0.15) is 0 Å². The van der Waals surface area contributed by atoms with E-state index in [1.807, 2.05) is 0 Å². The highest BCUT2D eigenvalue weighted by molar-refractivity contribution is 5.97. The second-order valence-corrected chi connectivity index (χ2v) is 6.83. The van der Waals surface area contributed by atoms with Crippen molar-refractivity contribution in [2.24, 2.45) is 5.92 Å². The number of hydrogen-bond donors (Lipinski definition) is 1. The highest BCUT2D eigenvalue weighted by atomic mass is 16.3. The Labute approximate surface area is 157 Å². The van der Waals surface area contributed by atoms with Gasteiger partial charge in [-0.25, -0.2) is 0 Å². The SMILES string of the molecule is CN(C)C(=O)c1ccc(NC(=O)[C@H]2CCCN(C(=O)c3ccco3)C2)cc1. The Morgan fingerprint density at radius 3 is 2.52 bits per heavy atom. The highest BCUT2D eigenvalue weighted by Crippen LogP contribution is 2.21. The number of rotatable bonds is 4. The molecule has 7 nitrogen and oxygen atoms in total. The molecular weight excluding hydrogens is 346 g/mol. The van der Waals surface area contributed by atoms with Crippen LogP contribution in [0.25, 0.3) is 0 Å².